The van der Waals surface area contributed by atoms with Gasteiger partial charge in [-0.05, 0) is 19.9 Å². The average molecular weight is 340 g/mol. The molecule has 6 nitrogen and oxygen atoms in total. The van der Waals surface area contributed by atoms with Gasteiger partial charge in [0.05, 0.1) is 12.2 Å². The third-order valence-electron chi connectivity index (χ3n) is 4.02. The zero-order chi connectivity index (χ0) is 17.3. The highest BCUT2D eigenvalue weighted by Crippen LogP contribution is 2.27. The molecule has 0 spiro atoms. The van der Waals surface area contributed by atoms with Crippen molar-refractivity contribution >= 4 is 14.0 Å². The molecule has 0 bridgehead atoms. The molecule has 0 aliphatic carbocycles. The van der Waals surface area contributed by atoms with Gasteiger partial charge in [0.1, 0.15) is 6.73 Å². The SMILES string of the molecule is CC1(C)Cc2c(c(C(=O)O)nn2COCC[Si](C)(C)C)CCO1. The summed E-state index contributed by atoms with van der Waals surface area (Å²) in [6.45, 7) is 12.5. The molecule has 2 heterocycles. The Balaban J connectivity index is 2.17. The number of nitrogens with zero attached hydrogens (tertiary/aromatic N) is 2. The second-order valence-electron chi connectivity index (χ2n) is 7.96. The number of aromatic nitrogens is 2. The van der Waals surface area contributed by atoms with Gasteiger partial charge in [0, 0.05) is 38.8 Å². The molecule has 23 heavy (non-hydrogen) atoms. The first-order chi connectivity index (χ1) is 10.6. The number of aromatic carboxylic acids is 1. The number of carboxylic acids is 1. The largest absolute Gasteiger partial charge is 0.476 e. The molecule has 7 heteroatoms. The van der Waals surface area contributed by atoms with E-state index in [2.05, 4.69) is 24.7 Å². The van der Waals surface area contributed by atoms with Crippen LogP contribution in [0.15, 0.2) is 0 Å². The smallest absolute Gasteiger partial charge is 0.356 e. The molecular weight excluding hydrogens is 312 g/mol. The van der Waals surface area contributed by atoms with Crippen LogP contribution >= 0.6 is 0 Å². The summed E-state index contributed by atoms with van der Waals surface area (Å²) in [5.74, 6) is -0.984. The van der Waals surface area contributed by atoms with Crippen LogP contribution in [0.1, 0.15) is 35.6 Å². The van der Waals surface area contributed by atoms with Crippen LogP contribution in [-0.4, -0.2) is 47.7 Å². The first-order valence-electron chi connectivity index (χ1n) is 8.13. The van der Waals surface area contributed by atoms with Crippen LogP contribution in [0.25, 0.3) is 0 Å². The van der Waals surface area contributed by atoms with Crippen molar-refractivity contribution in [3.05, 3.63) is 17.0 Å². The maximum absolute atomic E-state index is 11.5. The van der Waals surface area contributed by atoms with Gasteiger partial charge in [-0.3, -0.25) is 0 Å². The third kappa shape index (κ3) is 4.89. The van der Waals surface area contributed by atoms with Crippen molar-refractivity contribution in [2.75, 3.05) is 13.2 Å². The van der Waals surface area contributed by atoms with Crippen molar-refractivity contribution in [1.29, 1.82) is 0 Å². The van der Waals surface area contributed by atoms with E-state index in [0.717, 1.165) is 17.3 Å². The van der Waals surface area contributed by atoms with Gasteiger partial charge >= 0.3 is 5.97 Å². The fraction of sp³-hybridized carbons (Fsp3) is 0.750. The Labute approximate surface area is 138 Å². The van der Waals surface area contributed by atoms with E-state index in [0.29, 0.717) is 32.8 Å². The van der Waals surface area contributed by atoms with E-state index in [4.69, 9.17) is 9.47 Å². The summed E-state index contributed by atoms with van der Waals surface area (Å²) >= 11 is 0. The lowest BCUT2D eigenvalue weighted by atomic mass is 9.99. The number of fused-ring (bicyclic) bond motifs is 1. The minimum atomic E-state index is -1.14. The van der Waals surface area contributed by atoms with E-state index in [1.165, 1.54) is 0 Å². The van der Waals surface area contributed by atoms with Gasteiger partial charge in [0.2, 0.25) is 0 Å². The Bertz CT molecular complexity index is 575. The molecule has 1 aliphatic rings. The summed E-state index contributed by atoms with van der Waals surface area (Å²) in [5, 5.41) is 13.7. The molecule has 1 N–H and O–H groups in total. The van der Waals surface area contributed by atoms with Crippen LogP contribution < -0.4 is 0 Å². The standard InChI is InChI=1S/C16H28N2O4Si/c1-16(2)10-13-12(6-7-22-16)14(15(19)20)17-18(13)11-21-8-9-23(3,4)5/h6-11H2,1-5H3,(H,19,20). The number of hydrogen-bond donors (Lipinski definition) is 1. The van der Waals surface area contributed by atoms with Crippen molar-refractivity contribution in [3.8, 4) is 0 Å². The summed E-state index contributed by atoms with van der Waals surface area (Å²) < 4.78 is 13.3. The van der Waals surface area contributed by atoms with Crippen molar-refractivity contribution in [1.82, 2.24) is 9.78 Å². The van der Waals surface area contributed by atoms with Gasteiger partial charge in [-0.15, -0.1) is 0 Å². The fourth-order valence-electron chi connectivity index (χ4n) is 2.69. The number of ether oxygens (including phenoxy) is 2. The molecule has 1 aliphatic heterocycles. The Morgan fingerprint density at radius 2 is 2.13 bits per heavy atom. The molecule has 0 amide bonds. The molecule has 0 atom stereocenters. The summed E-state index contributed by atoms with van der Waals surface area (Å²) in [5.41, 5.74) is 1.53. The highest BCUT2D eigenvalue weighted by Gasteiger charge is 2.31. The molecule has 0 unspecified atom stereocenters. The van der Waals surface area contributed by atoms with Crippen LogP contribution in [0.3, 0.4) is 0 Å². The Hall–Kier alpha value is -1.18. The minimum absolute atomic E-state index is 0.134. The van der Waals surface area contributed by atoms with Gasteiger partial charge in [0.25, 0.3) is 0 Å². The molecule has 0 radical (unpaired) electrons. The summed E-state index contributed by atoms with van der Waals surface area (Å²) in [6.07, 6.45) is 1.22. The fourth-order valence-corrected chi connectivity index (χ4v) is 3.44. The number of hydrogen-bond acceptors (Lipinski definition) is 4. The number of carbonyl (C=O) groups is 1. The van der Waals surface area contributed by atoms with Crippen molar-refractivity contribution in [2.24, 2.45) is 0 Å². The maximum Gasteiger partial charge on any atom is 0.356 e. The van der Waals surface area contributed by atoms with Crippen LogP contribution in [-0.2, 0) is 29.0 Å². The lowest BCUT2D eigenvalue weighted by Gasteiger charge is -2.23. The third-order valence-corrected chi connectivity index (χ3v) is 5.72. The van der Waals surface area contributed by atoms with Crippen LogP contribution in [0.4, 0.5) is 0 Å². The average Bonchev–Trinajstić information content (AvgIpc) is 2.63. The van der Waals surface area contributed by atoms with E-state index in [9.17, 15) is 9.90 Å². The van der Waals surface area contributed by atoms with Gasteiger partial charge in [0.15, 0.2) is 5.69 Å². The second-order valence-corrected chi connectivity index (χ2v) is 13.6. The van der Waals surface area contributed by atoms with E-state index < -0.39 is 14.0 Å². The van der Waals surface area contributed by atoms with Crippen LogP contribution in [0, 0.1) is 0 Å². The highest BCUT2D eigenvalue weighted by molar-refractivity contribution is 6.76. The lowest BCUT2D eigenvalue weighted by molar-refractivity contribution is -0.0129. The molecule has 1 aromatic rings. The van der Waals surface area contributed by atoms with E-state index in [1.807, 2.05) is 13.8 Å². The van der Waals surface area contributed by atoms with E-state index in [1.54, 1.807) is 4.68 Å². The molecule has 130 valence electrons. The van der Waals surface area contributed by atoms with Crippen LogP contribution in [0.2, 0.25) is 25.7 Å². The summed E-state index contributed by atoms with van der Waals surface area (Å²) in [4.78, 5) is 11.5. The number of carboxylic acid groups (broad SMARTS) is 1. The first-order valence-corrected chi connectivity index (χ1v) is 11.8. The first kappa shape index (κ1) is 18.2. The molecule has 2 rings (SSSR count). The Kier molecular flexibility index (Phi) is 5.32. The van der Waals surface area contributed by atoms with Crippen molar-refractivity contribution in [2.45, 2.75) is 64.7 Å². The Morgan fingerprint density at radius 1 is 1.43 bits per heavy atom. The minimum Gasteiger partial charge on any atom is -0.476 e. The predicted octanol–water partition coefficient (Wildman–Crippen LogP) is 2.79. The molecule has 0 saturated carbocycles. The van der Waals surface area contributed by atoms with E-state index >= 15 is 0 Å². The zero-order valence-corrected chi connectivity index (χ0v) is 15.8. The normalized spacial score (nSPS) is 17.6. The second kappa shape index (κ2) is 6.74. The van der Waals surface area contributed by atoms with Gasteiger partial charge in [-0.25, -0.2) is 9.48 Å². The van der Waals surface area contributed by atoms with Gasteiger partial charge in [-0.1, -0.05) is 19.6 Å². The molecule has 0 aromatic carbocycles. The Morgan fingerprint density at radius 3 is 2.74 bits per heavy atom. The quantitative estimate of drug-likeness (QED) is 0.637. The highest BCUT2D eigenvalue weighted by atomic mass is 28.3. The van der Waals surface area contributed by atoms with Crippen LogP contribution in [0.5, 0.6) is 0 Å². The summed E-state index contributed by atoms with van der Waals surface area (Å²) in [6, 6.07) is 1.08. The molecule has 1 aromatic heterocycles. The van der Waals surface area contributed by atoms with Gasteiger partial charge in [-0.2, -0.15) is 5.10 Å². The monoisotopic (exact) mass is 340 g/mol. The summed E-state index contributed by atoms with van der Waals surface area (Å²) in [7, 11) is -1.14. The topological polar surface area (TPSA) is 73.6 Å². The van der Waals surface area contributed by atoms with Crippen molar-refractivity contribution in [3.63, 3.8) is 0 Å². The predicted molar refractivity (Wildman–Crippen MR) is 90.7 cm³/mol. The van der Waals surface area contributed by atoms with Crippen molar-refractivity contribution < 1.29 is 19.4 Å². The molecular formula is C16H28N2O4Si. The van der Waals surface area contributed by atoms with E-state index in [-0.39, 0.29) is 11.3 Å². The maximum atomic E-state index is 11.5. The molecule has 0 saturated heterocycles. The van der Waals surface area contributed by atoms with Gasteiger partial charge < -0.3 is 14.6 Å². The lowest BCUT2D eigenvalue weighted by Crippen LogP contribution is -2.28. The zero-order valence-electron chi connectivity index (χ0n) is 14.8. The number of rotatable bonds is 6. The molecule has 0 fully saturated rings.